The molecule has 7 nitrogen and oxygen atoms in total. The zero-order valence-electron chi connectivity index (χ0n) is 15.3. The first-order valence-corrected chi connectivity index (χ1v) is 8.99. The molecule has 27 heavy (non-hydrogen) atoms. The Hall–Kier alpha value is -2.93. The summed E-state index contributed by atoms with van der Waals surface area (Å²) in [6.45, 7) is 5.30. The maximum atomic E-state index is 12.6. The molecule has 1 aliphatic rings. The minimum Gasteiger partial charge on any atom is -0.479 e. The van der Waals surface area contributed by atoms with Crippen molar-refractivity contribution in [2.24, 2.45) is 0 Å². The molecule has 2 N–H and O–H groups in total. The summed E-state index contributed by atoms with van der Waals surface area (Å²) in [7, 11) is 0. The van der Waals surface area contributed by atoms with E-state index in [9.17, 15) is 14.7 Å². The van der Waals surface area contributed by atoms with Gasteiger partial charge in [-0.15, -0.1) is 0 Å². The Bertz CT molecular complexity index is 789. The van der Waals surface area contributed by atoms with E-state index in [4.69, 9.17) is 0 Å². The highest BCUT2D eigenvalue weighted by Gasteiger charge is 2.27. The van der Waals surface area contributed by atoms with Crippen molar-refractivity contribution in [3.63, 3.8) is 0 Å². The number of carbonyl (C=O) groups excluding carboxylic acids is 1. The first-order chi connectivity index (χ1) is 13.0. The molecule has 7 heteroatoms. The van der Waals surface area contributed by atoms with E-state index in [1.807, 2.05) is 31.3 Å². The molecule has 1 aliphatic heterocycles. The molecule has 1 atom stereocenters. The van der Waals surface area contributed by atoms with Crippen molar-refractivity contribution >= 4 is 12.0 Å². The molecular formula is C20H24N4O3. The number of aromatic nitrogens is 1. The summed E-state index contributed by atoms with van der Waals surface area (Å²) in [5.41, 5.74) is 2.67. The van der Waals surface area contributed by atoms with Crippen molar-refractivity contribution in [2.75, 3.05) is 26.2 Å². The predicted octanol–water partition coefficient (Wildman–Crippen LogP) is 2.04. The van der Waals surface area contributed by atoms with Gasteiger partial charge in [0.25, 0.3) is 0 Å². The highest BCUT2D eigenvalue weighted by atomic mass is 16.4. The normalized spacial score (nSPS) is 16.0. The second-order valence-corrected chi connectivity index (χ2v) is 6.76. The fraction of sp³-hybridized carbons (Fsp3) is 0.350. The van der Waals surface area contributed by atoms with Gasteiger partial charge in [0.2, 0.25) is 0 Å². The number of amides is 2. The molecular weight excluding hydrogens is 344 g/mol. The van der Waals surface area contributed by atoms with Crippen LogP contribution in [0, 0.1) is 6.92 Å². The fourth-order valence-corrected chi connectivity index (χ4v) is 3.21. The summed E-state index contributed by atoms with van der Waals surface area (Å²) in [5, 5.41) is 12.2. The number of benzene rings is 1. The van der Waals surface area contributed by atoms with Crippen LogP contribution in [0.5, 0.6) is 0 Å². The number of nitrogens with one attached hydrogen (secondary N) is 1. The lowest BCUT2D eigenvalue weighted by atomic mass is 10.0. The van der Waals surface area contributed by atoms with Crippen molar-refractivity contribution in [3.05, 3.63) is 65.5 Å². The number of piperazine rings is 1. The summed E-state index contributed by atoms with van der Waals surface area (Å²) in [6, 6.07) is 9.75. The van der Waals surface area contributed by atoms with Crippen LogP contribution in [0.1, 0.15) is 22.7 Å². The minimum absolute atomic E-state index is 0.343. The first kappa shape index (κ1) is 18.8. The molecule has 3 rings (SSSR count). The van der Waals surface area contributed by atoms with Crippen LogP contribution in [0.25, 0.3) is 0 Å². The SMILES string of the molecule is Cc1cccc(C(NC(=O)N2CCN(Cc3cccnc3)CC2)C(=O)O)c1. The molecule has 2 amide bonds. The molecule has 0 saturated carbocycles. The van der Waals surface area contributed by atoms with E-state index in [1.165, 1.54) is 0 Å². The summed E-state index contributed by atoms with van der Waals surface area (Å²) in [4.78, 5) is 32.2. The Morgan fingerprint density at radius 3 is 2.59 bits per heavy atom. The molecule has 1 saturated heterocycles. The number of carboxylic acids is 1. The van der Waals surface area contributed by atoms with Crippen molar-refractivity contribution in [1.82, 2.24) is 20.1 Å². The third-order valence-corrected chi connectivity index (χ3v) is 4.68. The molecule has 0 radical (unpaired) electrons. The molecule has 1 aromatic heterocycles. The van der Waals surface area contributed by atoms with Gasteiger partial charge in [0.05, 0.1) is 0 Å². The number of carbonyl (C=O) groups is 2. The van der Waals surface area contributed by atoms with Gasteiger partial charge in [-0.25, -0.2) is 9.59 Å². The van der Waals surface area contributed by atoms with Gasteiger partial charge in [0.1, 0.15) is 0 Å². The molecule has 1 unspecified atom stereocenters. The van der Waals surface area contributed by atoms with Crippen LogP contribution < -0.4 is 5.32 Å². The summed E-state index contributed by atoms with van der Waals surface area (Å²) >= 11 is 0. The smallest absolute Gasteiger partial charge is 0.330 e. The van der Waals surface area contributed by atoms with Crippen LogP contribution in [0.4, 0.5) is 4.79 Å². The Morgan fingerprint density at radius 2 is 1.96 bits per heavy atom. The van der Waals surface area contributed by atoms with Gasteiger partial charge in [0, 0.05) is 45.1 Å². The van der Waals surface area contributed by atoms with E-state index in [1.54, 1.807) is 29.3 Å². The molecule has 2 heterocycles. The topological polar surface area (TPSA) is 85.8 Å². The number of pyridine rings is 1. The van der Waals surface area contributed by atoms with Crippen molar-refractivity contribution in [1.29, 1.82) is 0 Å². The molecule has 1 aromatic carbocycles. The van der Waals surface area contributed by atoms with Crippen LogP contribution in [0.15, 0.2) is 48.8 Å². The molecule has 1 fully saturated rings. The van der Waals surface area contributed by atoms with Crippen molar-refractivity contribution in [3.8, 4) is 0 Å². The van der Waals surface area contributed by atoms with E-state index in [2.05, 4.69) is 15.2 Å². The molecule has 2 aromatic rings. The minimum atomic E-state index is -1.07. The lowest BCUT2D eigenvalue weighted by Crippen LogP contribution is -2.52. The first-order valence-electron chi connectivity index (χ1n) is 8.99. The number of hydrogen-bond acceptors (Lipinski definition) is 4. The van der Waals surface area contributed by atoms with Gasteiger partial charge in [-0.3, -0.25) is 9.88 Å². The lowest BCUT2D eigenvalue weighted by molar-refractivity contribution is -0.139. The third-order valence-electron chi connectivity index (χ3n) is 4.68. The second-order valence-electron chi connectivity index (χ2n) is 6.76. The van der Waals surface area contributed by atoms with E-state index >= 15 is 0 Å². The average Bonchev–Trinajstić information content (AvgIpc) is 2.67. The maximum absolute atomic E-state index is 12.6. The van der Waals surface area contributed by atoms with E-state index in [0.29, 0.717) is 18.7 Å². The Balaban J connectivity index is 1.56. The van der Waals surface area contributed by atoms with E-state index in [0.717, 1.165) is 30.8 Å². The van der Waals surface area contributed by atoms with Crippen molar-refractivity contribution < 1.29 is 14.7 Å². The standard InChI is InChI=1S/C20H24N4O3/c1-15-4-2-6-17(12-15)18(19(25)26)22-20(27)24-10-8-23(9-11-24)14-16-5-3-7-21-13-16/h2-7,12-13,18H,8-11,14H2,1H3,(H,22,27)(H,25,26). The molecule has 0 bridgehead atoms. The average molecular weight is 368 g/mol. The second kappa shape index (κ2) is 8.64. The number of hydrogen-bond donors (Lipinski definition) is 2. The zero-order valence-corrected chi connectivity index (χ0v) is 15.3. The van der Waals surface area contributed by atoms with Crippen LogP contribution in [-0.4, -0.2) is 58.1 Å². The van der Waals surface area contributed by atoms with E-state index in [-0.39, 0.29) is 6.03 Å². The molecule has 0 aliphatic carbocycles. The third kappa shape index (κ3) is 5.04. The maximum Gasteiger partial charge on any atom is 0.330 e. The fourth-order valence-electron chi connectivity index (χ4n) is 3.21. The summed E-state index contributed by atoms with van der Waals surface area (Å²) in [6.07, 6.45) is 3.59. The lowest BCUT2D eigenvalue weighted by Gasteiger charge is -2.35. The number of rotatable bonds is 5. The van der Waals surface area contributed by atoms with Gasteiger partial charge in [0.15, 0.2) is 6.04 Å². The monoisotopic (exact) mass is 368 g/mol. The summed E-state index contributed by atoms with van der Waals surface area (Å²) < 4.78 is 0. The van der Waals surface area contributed by atoms with Crippen LogP contribution >= 0.6 is 0 Å². The van der Waals surface area contributed by atoms with Gasteiger partial charge >= 0.3 is 12.0 Å². The summed E-state index contributed by atoms with van der Waals surface area (Å²) in [5.74, 6) is -1.07. The van der Waals surface area contributed by atoms with Gasteiger partial charge in [-0.2, -0.15) is 0 Å². The van der Waals surface area contributed by atoms with Crippen LogP contribution in [0.3, 0.4) is 0 Å². The van der Waals surface area contributed by atoms with Gasteiger partial charge < -0.3 is 15.3 Å². The quantitative estimate of drug-likeness (QED) is 0.844. The highest BCUT2D eigenvalue weighted by Crippen LogP contribution is 2.16. The molecule has 0 spiro atoms. The van der Waals surface area contributed by atoms with Crippen molar-refractivity contribution in [2.45, 2.75) is 19.5 Å². The predicted molar refractivity (Wildman–Crippen MR) is 101 cm³/mol. The Labute approximate surface area is 158 Å². The number of aryl methyl sites for hydroxylation is 1. The van der Waals surface area contributed by atoms with Crippen LogP contribution in [0.2, 0.25) is 0 Å². The number of carboxylic acid groups (broad SMARTS) is 1. The van der Waals surface area contributed by atoms with Gasteiger partial charge in [-0.1, -0.05) is 35.9 Å². The number of nitrogens with zero attached hydrogens (tertiary/aromatic N) is 3. The Kier molecular flexibility index (Phi) is 6.03. The largest absolute Gasteiger partial charge is 0.479 e. The Morgan fingerprint density at radius 1 is 1.19 bits per heavy atom. The number of aliphatic carboxylic acids is 1. The highest BCUT2D eigenvalue weighted by molar-refractivity contribution is 5.83. The number of urea groups is 1. The zero-order chi connectivity index (χ0) is 19.2. The van der Waals surface area contributed by atoms with Gasteiger partial charge in [-0.05, 0) is 24.1 Å². The van der Waals surface area contributed by atoms with Crippen LogP contribution in [-0.2, 0) is 11.3 Å². The molecule has 142 valence electrons. The van der Waals surface area contributed by atoms with E-state index < -0.39 is 12.0 Å².